The Bertz CT molecular complexity index is 500. The van der Waals surface area contributed by atoms with Gasteiger partial charge in [-0.05, 0) is 38.4 Å². The van der Waals surface area contributed by atoms with Crippen molar-refractivity contribution >= 4 is 0 Å². The Morgan fingerprint density at radius 2 is 1.91 bits per heavy atom. The molecule has 0 amide bonds. The smallest absolute Gasteiger partial charge is 0.126 e. The van der Waals surface area contributed by atoms with Crippen LogP contribution in [0.4, 0.5) is 4.39 Å². The minimum atomic E-state index is -0.0539. The molecule has 0 radical (unpaired) electrons. The number of morpholine rings is 1. The minimum Gasteiger partial charge on any atom is -0.379 e. The maximum atomic E-state index is 14.0. The lowest BCUT2D eigenvalue weighted by Gasteiger charge is -2.43. The fourth-order valence-electron chi connectivity index (χ4n) is 3.85. The lowest BCUT2D eigenvalue weighted by atomic mass is 9.98. The van der Waals surface area contributed by atoms with Gasteiger partial charge in [0.1, 0.15) is 5.82 Å². The molecule has 1 aromatic carbocycles. The van der Waals surface area contributed by atoms with E-state index < -0.39 is 0 Å². The Kier molecular flexibility index (Phi) is 4.81. The number of likely N-dealkylation sites (tertiary alicyclic amines) is 1. The maximum Gasteiger partial charge on any atom is 0.126 e. The Hall–Kier alpha value is -0.970. The summed E-state index contributed by atoms with van der Waals surface area (Å²) in [6.07, 6.45) is 1.06. The van der Waals surface area contributed by atoms with Gasteiger partial charge in [0.25, 0.3) is 0 Å². The van der Waals surface area contributed by atoms with Crippen molar-refractivity contribution in [1.29, 1.82) is 0 Å². The number of halogens is 1. The van der Waals surface area contributed by atoms with Gasteiger partial charge in [0.2, 0.25) is 0 Å². The molecule has 122 valence electrons. The van der Waals surface area contributed by atoms with Crippen molar-refractivity contribution in [2.75, 3.05) is 45.9 Å². The molecule has 1 aromatic rings. The summed E-state index contributed by atoms with van der Waals surface area (Å²) in [5.41, 5.74) is 1.03. The fourth-order valence-corrected chi connectivity index (χ4v) is 3.85. The SMILES string of the molecule is CC(C)(CN1CCC(c2ccccc2F)C1)N1CCOCC1. The van der Waals surface area contributed by atoms with Gasteiger partial charge >= 0.3 is 0 Å². The van der Waals surface area contributed by atoms with Gasteiger partial charge in [-0.25, -0.2) is 4.39 Å². The first kappa shape index (κ1) is 15.9. The van der Waals surface area contributed by atoms with Crippen molar-refractivity contribution in [3.05, 3.63) is 35.6 Å². The van der Waals surface area contributed by atoms with E-state index in [0.29, 0.717) is 5.92 Å². The summed E-state index contributed by atoms with van der Waals surface area (Å²) >= 11 is 0. The van der Waals surface area contributed by atoms with Gasteiger partial charge in [-0.2, -0.15) is 0 Å². The average Bonchev–Trinajstić information content (AvgIpc) is 2.96. The van der Waals surface area contributed by atoms with Gasteiger partial charge in [-0.15, -0.1) is 0 Å². The molecule has 0 saturated carbocycles. The first-order valence-electron chi connectivity index (χ1n) is 8.36. The van der Waals surface area contributed by atoms with E-state index >= 15 is 0 Å². The van der Waals surface area contributed by atoms with Crippen LogP contribution in [-0.4, -0.2) is 61.3 Å². The molecule has 0 N–H and O–H groups in total. The molecule has 2 heterocycles. The third kappa shape index (κ3) is 3.50. The van der Waals surface area contributed by atoms with Gasteiger partial charge in [0.05, 0.1) is 13.2 Å². The molecule has 0 spiro atoms. The van der Waals surface area contributed by atoms with Gasteiger partial charge in [-0.1, -0.05) is 18.2 Å². The normalized spacial score (nSPS) is 24.8. The quantitative estimate of drug-likeness (QED) is 0.851. The maximum absolute atomic E-state index is 14.0. The highest BCUT2D eigenvalue weighted by molar-refractivity contribution is 5.23. The lowest BCUT2D eigenvalue weighted by Crippen LogP contribution is -2.55. The van der Waals surface area contributed by atoms with Crippen molar-refractivity contribution in [1.82, 2.24) is 9.80 Å². The van der Waals surface area contributed by atoms with E-state index in [1.54, 1.807) is 12.1 Å². The molecule has 1 unspecified atom stereocenters. The van der Waals surface area contributed by atoms with Gasteiger partial charge in [0, 0.05) is 37.6 Å². The highest BCUT2D eigenvalue weighted by Crippen LogP contribution is 2.30. The second kappa shape index (κ2) is 6.65. The van der Waals surface area contributed by atoms with E-state index in [2.05, 4.69) is 23.6 Å². The molecule has 1 atom stereocenters. The zero-order chi connectivity index (χ0) is 15.6. The summed E-state index contributed by atoms with van der Waals surface area (Å²) in [7, 11) is 0. The number of hydrogen-bond acceptors (Lipinski definition) is 3. The lowest BCUT2D eigenvalue weighted by molar-refractivity contribution is -0.0197. The molecule has 2 aliphatic rings. The van der Waals surface area contributed by atoms with Crippen LogP contribution in [-0.2, 0) is 4.74 Å². The largest absolute Gasteiger partial charge is 0.379 e. The molecule has 3 rings (SSSR count). The van der Waals surface area contributed by atoms with Crippen LogP contribution in [0, 0.1) is 5.82 Å². The second-order valence-corrected chi connectivity index (χ2v) is 7.15. The van der Waals surface area contributed by atoms with Crippen LogP contribution in [0.15, 0.2) is 24.3 Å². The summed E-state index contributed by atoms with van der Waals surface area (Å²) in [4.78, 5) is 5.01. The molecule has 0 bridgehead atoms. The monoisotopic (exact) mass is 306 g/mol. The van der Waals surface area contributed by atoms with Crippen molar-refractivity contribution in [2.45, 2.75) is 31.7 Å². The number of benzene rings is 1. The molecule has 3 nitrogen and oxygen atoms in total. The topological polar surface area (TPSA) is 15.7 Å². The predicted octanol–water partition coefficient (Wildman–Crippen LogP) is 2.73. The van der Waals surface area contributed by atoms with Crippen LogP contribution >= 0.6 is 0 Å². The summed E-state index contributed by atoms with van der Waals surface area (Å²) in [6, 6.07) is 7.23. The van der Waals surface area contributed by atoms with Crippen LogP contribution < -0.4 is 0 Å². The minimum absolute atomic E-state index is 0.0539. The van der Waals surface area contributed by atoms with Crippen LogP contribution in [0.2, 0.25) is 0 Å². The second-order valence-electron chi connectivity index (χ2n) is 7.15. The first-order chi connectivity index (χ1) is 10.6. The van der Waals surface area contributed by atoms with E-state index in [1.165, 1.54) is 0 Å². The summed E-state index contributed by atoms with van der Waals surface area (Å²) in [6.45, 7) is 11.4. The van der Waals surface area contributed by atoms with Gasteiger partial charge in [0.15, 0.2) is 0 Å². The third-order valence-electron chi connectivity index (χ3n) is 5.10. The van der Waals surface area contributed by atoms with Crippen LogP contribution in [0.25, 0.3) is 0 Å². The Morgan fingerprint density at radius 3 is 2.64 bits per heavy atom. The molecule has 4 heteroatoms. The highest BCUT2D eigenvalue weighted by Gasteiger charge is 2.33. The predicted molar refractivity (Wildman–Crippen MR) is 86.7 cm³/mol. The Labute approximate surface area is 133 Å². The fraction of sp³-hybridized carbons (Fsp3) is 0.667. The Balaban J connectivity index is 1.59. The van der Waals surface area contributed by atoms with E-state index in [-0.39, 0.29) is 11.4 Å². The summed E-state index contributed by atoms with van der Waals surface area (Å²) < 4.78 is 19.4. The van der Waals surface area contributed by atoms with Crippen molar-refractivity contribution in [3.8, 4) is 0 Å². The summed E-state index contributed by atoms with van der Waals surface area (Å²) in [5, 5.41) is 0. The first-order valence-corrected chi connectivity index (χ1v) is 8.36. The highest BCUT2D eigenvalue weighted by atomic mass is 19.1. The average molecular weight is 306 g/mol. The van der Waals surface area contributed by atoms with E-state index in [9.17, 15) is 4.39 Å². The van der Waals surface area contributed by atoms with E-state index in [1.807, 2.05) is 12.1 Å². The zero-order valence-corrected chi connectivity index (χ0v) is 13.7. The van der Waals surface area contributed by atoms with Crippen LogP contribution in [0.1, 0.15) is 31.7 Å². The van der Waals surface area contributed by atoms with Crippen molar-refractivity contribution in [2.24, 2.45) is 0 Å². The molecule has 2 fully saturated rings. The number of ether oxygens (including phenoxy) is 1. The molecule has 0 aromatic heterocycles. The number of hydrogen-bond donors (Lipinski definition) is 0. The molecular weight excluding hydrogens is 279 g/mol. The van der Waals surface area contributed by atoms with Crippen molar-refractivity contribution < 1.29 is 9.13 Å². The zero-order valence-electron chi connectivity index (χ0n) is 13.7. The number of rotatable bonds is 4. The van der Waals surface area contributed by atoms with Crippen molar-refractivity contribution in [3.63, 3.8) is 0 Å². The number of nitrogens with zero attached hydrogens (tertiary/aromatic N) is 2. The molecule has 0 aliphatic carbocycles. The molecule has 2 aliphatic heterocycles. The van der Waals surface area contributed by atoms with Crippen LogP contribution in [0.5, 0.6) is 0 Å². The standard InChI is InChI=1S/C18H27FN2O/c1-18(2,21-9-11-22-12-10-21)14-20-8-7-15(13-20)16-5-3-4-6-17(16)19/h3-6,15H,7-14H2,1-2H3. The van der Waals surface area contributed by atoms with Crippen LogP contribution in [0.3, 0.4) is 0 Å². The summed E-state index contributed by atoms with van der Waals surface area (Å²) in [5.74, 6) is 0.281. The van der Waals surface area contributed by atoms with Gasteiger partial charge in [-0.3, -0.25) is 4.90 Å². The van der Waals surface area contributed by atoms with E-state index in [0.717, 1.165) is 57.9 Å². The van der Waals surface area contributed by atoms with Gasteiger partial charge < -0.3 is 9.64 Å². The Morgan fingerprint density at radius 1 is 1.18 bits per heavy atom. The van der Waals surface area contributed by atoms with E-state index in [4.69, 9.17) is 4.74 Å². The third-order valence-corrected chi connectivity index (χ3v) is 5.10. The molecule has 22 heavy (non-hydrogen) atoms. The molecule has 2 saturated heterocycles. The molecular formula is C18H27FN2O.